The highest BCUT2D eigenvalue weighted by molar-refractivity contribution is 5.88. The molecule has 2 aliphatic rings. The summed E-state index contributed by atoms with van der Waals surface area (Å²) in [7, 11) is 1.87. The highest BCUT2D eigenvalue weighted by Gasteiger charge is 2.32. The Balaban J connectivity index is 0.000000330. The Morgan fingerprint density at radius 2 is 1.88 bits per heavy atom. The third kappa shape index (κ3) is 10.1. The van der Waals surface area contributed by atoms with Gasteiger partial charge in [-0.2, -0.15) is 0 Å². The number of benzene rings is 2. The van der Waals surface area contributed by atoms with E-state index in [-0.39, 0.29) is 23.7 Å². The smallest absolute Gasteiger partial charge is 0.230 e. The van der Waals surface area contributed by atoms with Crippen LogP contribution in [0.4, 0.5) is 21.5 Å². The molecule has 2 aliphatic heterocycles. The number of halogens is 1. The molecule has 8 nitrogen and oxygen atoms in total. The monoisotopic (exact) mass is 569 g/mol. The number of likely N-dealkylation sites (tertiary alicyclic amines) is 1. The number of fused-ring (bicyclic) bond motifs is 1. The van der Waals surface area contributed by atoms with E-state index in [4.69, 9.17) is 4.74 Å². The first kappa shape index (κ1) is 33.6. The van der Waals surface area contributed by atoms with Crippen molar-refractivity contribution in [2.24, 2.45) is 4.99 Å². The number of anilines is 3. The van der Waals surface area contributed by atoms with Gasteiger partial charge in [-0.1, -0.05) is 33.6 Å². The van der Waals surface area contributed by atoms with E-state index in [9.17, 15) is 14.0 Å². The summed E-state index contributed by atoms with van der Waals surface area (Å²) in [6, 6.07) is 11.0. The molecule has 0 aliphatic carbocycles. The molecular formula is C32H48FN5O3. The molecular weight excluding hydrogens is 521 g/mol. The van der Waals surface area contributed by atoms with Gasteiger partial charge in [-0.25, -0.2) is 9.38 Å². The minimum Gasteiger partial charge on any atom is -0.493 e. The number of hydrogen-bond donors (Lipinski definition) is 3. The first-order valence-corrected chi connectivity index (χ1v) is 14.8. The average Bonchev–Trinajstić information content (AvgIpc) is 2.97. The summed E-state index contributed by atoms with van der Waals surface area (Å²) in [6.07, 6.45) is 8.30. The number of amides is 1. The first-order chi connectivity index (χ1) is 19.8. The fourth-order valence-corrected chi connectivity index (χ4v) is 4.78. The van der Waals surface area contributed by atoms with E-state index in [0.29, 0.717) is 29.9 Å². The van der Waals surface area contributed by atoms with E-state index >= 15 is 0 Å². The van der Waals surface area contributed by atoms with Crippen molar-refractivity contribution in [3.8, 4) is 5.75 Å². The van der Waals surface area contributed by atoms with E-state index in [1.165, 1.54) is 12.5 Å². The molecule has 41 heavy (non-hydrogen) atoms. The lowest BCUT2D eigenvalue weighted by Gasteiger charge is -2.42. The van der Waals surface area contributed by atoms with Crippen LogP contribution in [0.25, 0.3) is 0 Å². The second-order valence-corrected chi connectivity index (χ2v) is 10.4. The van der Waals surface area contributed by atoms with E-state index < -0.39 is 6.17 Å². The van der Waals surface area contributed by atoms with Crippen LogP contribution >= 0.6 is 0 Å². The molecule has 1 unspecified atom stereocenters. The van der Waals surface area contributed by atoms with Crippen LogP contribution in [-0.4, -0.2) is 49.2 Å². The second-order valence-electron chi connectivity index (χ2n) is 10.4. The lowest BCUT2D eigenvalue weighted by Crippen LogP contribution is -2.50. The molecule has 0 bridgehead atoms. The SMILES string of the molecule is CC.CC1(C)CCCCN1C(=O)CC=O.CCCCCOc1cc(F)c2c(c1)NC=NC2Nc1ccc(NC)cc1. The van der Waals surface area contributed by atoms with Crippen molar-refractivity contribution in [2.45, 2.75) is 91.3 Å². The lowest BCUT2D eigenvalue weighted by molar-refractivity contribution is -0.139. The average molecular weight is 570 g/mol. The molecule has 226 valence electrons. The largest absolute Gasteiger partial charge is 0.493 e. The van der Waals surface area contributed by atoms with Crippen molar-refractivity contribution in [3.05, 3.63) is 47.8 Å². The van der Waals surface area contributed by atoms with Crippen LogP contribution in [0.15, 0.2) is 41.4 Å². The van der Waals surface area contributed by atoms with Gasteiger partial charge in [0.2, 0.25) is 5.91 Å². The van der Waals surface area contributed by atoms with Crippen molar-refractivity contribution in [2.75, 3.05) is 36.1 Å². The molecule has 0 radical (unpaired) electrons. The first-order valence-electron chi connectivity index (χ1n) is 14.8. The maximum atomic E-state index is 14.7. The number of nitrogens with zero attached hydrogens (tertiary/aromatic N) is 2. The van der Waals surface area contributed by atoms with Gasteiger partial charge in [0.1, 0.15) is 17.9 Å². The van der Waals surface area contributed by atoms with Crippen LogP contribution in [0, 0.1) is 5.82 Å². The normalized spacial score (nSPS) is 16.5. The van der Waals surface area contributed by atoms with Crippen molar-refractivity contribution in [1.29, 1.82) is 0 Å². The third-order valence-electron chi connectivity index (χ3n) is 7.02. The molecule has 1 atom stereocenters. The quantitative estimate of drug-likeness (QED) is 0.157. The predicted octanol–water partition coefficient (Wildman–Crippen LogP) is 7.39. The highest BCUT2D eigenvalue weighted by atomic mass is 19.1. The molecule has 4 rings (SSSR count). The van der Waals surface area contributed by atoms with Crippen LogP contribution in [-0.2, 0) is 9.59 Å². The molecule has 3 N–H and O–H groups in total. The number of aliphatic imine (C=N–C) groups is 1. The molecule has 0 aromatic heterocycles. The summed E-state index contributed by atoms with van der Waals surface area (Å²) in [6.45, 7) is 11.7. The number of piperidine rings is 1. The Morgan fingerprint density at radius 1 is 1.17 bits per heavy atom. The van der Waals surface area contributed by atoms with Gasteiger partial charge < -0.3 is 30.4 Å². The number of hydrogen-bond acceptors (Lipinski definition) is 7. The van der Waals surface area contributed by atoms with E-state index in [1.807, 2.05) is 56.1 Å². The topological polar surface area (TPSA) is 95.1 Å². The van der Waals surface area contributed by atoms with Gasteiger partial charge in [0.25, 0.3) is 0 Å². The van der Waals surface area contributed by atoms with Crippen LogP contribution in [0.5, 0.6) is 5.75 Å². The Hall–Kier alpha value is -3.62. The molecule has 9 heteroatoms. The highest BCUT2D eigenvalue weighted by Crippen LogP contribution is 2.35. The van der Waals surface area contributed by atoms with Gasteiger partial charge in [-0.15, -0.1) is 0 Å². The Kier molecular flexibility index (Phi) is 14.1. The number of carbonyl (C=O) groups is 2. The molecule has 2 aromatic carbocycles. The van der Waals surface area contributed by atoms with E-state index in [0.717, 1.165) is 50.0 Å². The van der Waals surface area contributed by atoms with Gasteiger partial charge in [0.15, 0.2) is 6.17 Å². The number of unbranched alkanes of at least 4 members (excludes halogenated alkanes) is 2. The van der Waals surface area contributed by atoms with Crippen molar-refractivity contribution < 1.29 is 18.7 Å². The summed E-state index contributed by atoms with van der Waals surface area (Å²) < 4.78 is 20.4. The Bertz CT molecular complexity index is 1120. The second kappa shape index (κ2) is 17.3. The van der Waals surface area contributed by atoms with Gasteiger partial charge in [-0.3, -0.25) is 4.79 Å². The zero-order valence-electron chi connectivity index (χ0n) is 25.6. The minimum atomic E-state index is -0.485. The molecule has 1 saturated heterocycles. The van der Waals surface area contributed by atoms with Gasteiger partial charge in [-0.05, 0) is 63.8 Å². The number of ether oxygens (including phenoxy) is 1. The molecule has 1 fully saturated rings. The summed E-state index contributed by atoms with van der Waals surface area (Å²) in [5.41, 5.74) is 3.00. The number of aldehydes is 1. The third-order valence-corrected chi connectivity index (χ3v) is 7.02. The summed E-state index contributed by atoms with van der Waals surface area (Å²) >= 11 is 0. The van der Waals surface area contributed by atoms with Gasteiger partial charge in [0.05, 0.1) is 30.6 Å². The number of nitrogens with one attached hydrogen (secondary N) is 3. The lowest BCUT2D eigenvalue weighted by atomic mass is 9.90. The number of rotatable bonds is 10. The number of carbonyl (C=O) groups excluding carboxylic acids is 2. The van der Waals surface area contributed by atoms with Crippen molar-refractivity contribution in [3.63, 3.8) is 0 Å². The van der Waals surface area contributed by atoms with Crippen molar-refractivity contribution in [1.82, 2.24) is 4.90 Å². The molecule has 0 spiro atoms. The predicted molar refractivity (Wildman–Crippen MR) is 168 cm³/mol. The fraction of sp³-hybridized carbons (Fsp3) is 0.531. The standard InChI is InChI=1S/C20H25FN4O.C10H17NO2.C2H6/c1-3-4-5-10-26-16-11-17(21)19-18(12-16)23-13-24-20(19)25-15-8-6-14(22-2)7-9-15;1-10(2)6-3-4-7-11(10)9(13)5-8-12;1-2/h6-9,11-13,20,22,25H,3-5,10H2,1-2H3,(H,23,24);8H,3-7H2,1-2H3;1-2H3. The Morgan fingerprint density at radius 3 is 2.51 bits per heavy atom. The summed E-state index contributed by atoms with van der Waals surface area (Å²) in [5, 5.41) is 9.35. The molecule has 2 heterocycles. The van der Waals surface area contributed by atoms with E-state index in [1.54, 1.807) is 6.34 Å². The molecule has 1 amide bonds. The summed E-state index contributed by atoms with van der Waals surface area (Å²) in [5.74, 6) is 0.179. The van der Waals surface area contributed by atoms with Crippen LogP contribution in [0.1, 0.15) is 91.3 Å². The minimum absolute atomic E-state index is 0.0281. The van der Waals surface area contributed by atoms with Crippen molar-refractivity contribution >= 4 is 35.6 Å². The van der Waals surface area contributed by atoms with Crippen LogP contribution in [0.2, 0.25) is 0 Å². The molecule has 2 aromatic rings. The fourth-order valence-electron chi connectivity index (χ4n) is 4.78. The zero-order chi connectivity index (χ0) is 30.3. The van der Waals surface area contributed by atoms with Crippen LogP contribution in [0.3, 0.4) is 0 Å². The van der Waals surface area contributed by atoms with Gasteiger partial charge in [0, 0.05) is 42.6 Å². The summed E-state index contributed by atoms with van der Waals surface area (Å²) in [4.78, 5) is 27.9. The maximum Gasteiger partial charge on any atom is 0.230 e. The van der Waals surface area contributed by atoms with Gasteiger partial charge >= 0.3 is 0 Å². The molecule has 0 saturated carbocycles. The maximum absolute atomic E-state index is 14.7. The van der Waals surface area contributed by atoms with E-state index in [2.05, 4.69) is 41.7 Å². The van der Waals surface area contributed by atoms with Crippen LogP contribution < -0.4 is 20.7 Å². The Labute approximate surface area is 245 Å². The zero-order valence-corrected chi connectivity index (χ0v) is 25.6.